The van der Waals surface area contributed by atoms with Crippen molar-refractivity contribution in [1.29, 1.82) is 0 Å². The molecule has 0 spiro atoms. The number of hydrogen-bond acceptors (Lipinski definition) is 2. The molecule has 6 heteroatoms. The molecule has 1 unspecified atom stereocenters. The summed E-state index contributed by atoms with van der Waals surface area (Å²) >= 11 is 0. The van der Waals surface area contributed by atoms with E-state index in [0.717, 1.165) is 24.0 Å². The van der Waals surface area contributed by atoms with Gasteiger partial charge in [-0.1, -0.05) is 12.1 Å². The summed E-state index contributed by atoms with van der Waals surface area (Å²) in [4.78, 5) is 23.2. The fourth-order valence-electron chi connectivity index (χ4n) is 1.77. The summed E-state index contributed by atoms with van der Waals surface area (Å²) in [5.41, 5.74) is -2.33. The molecule has 0 bridgehead atoms. The first-order chi connectivity index (χ1) is 8.39. The van der Waals surface area contributed by atoms with Crippen LogP contribution in [0, 0.1) is 11.6 Å². The van der Waals surface area contributed by atoms with E-state index in [9.17, 15) is 23.5 Å². The largest absolute Gasteiger partial charge is 0.479 e. The van der Waals surface area contributed by atoms with Gasteiger partial charge in [0.1, 0.15) is 0 Å². The Kier molecular flexibility index (Phi) is 4.00. The minimum absolute atomic E-state index is 0.0578. The molecule has 0 aliphatic rings. The van der Waals surface area contributed by atoms with Gasteiger partial charge in [0.05, 0.1) is 0 Å². The highest BCUT2D eigenvalue weighted by atomic mass is 19.2. The molecule has 0 aliphatic heterocycles. The van der Waals surface area contributed by atoms with Crippen LogP contribution in [0.4, 0.5) is 8.78 Å². The molecule has 0 fully saturated rings. The van der Waals surface area contributed by atoms with Crippen LogP contribution in [0.5, 0.6) is 0 Å². The van der Waals surface area contributed by atoms with Crippen molar-refractivity contribution < 1.29 is 23.5 Å². The second-order valence-electron chi connectivity index (χ2n) is 3.87. The summed E-state index contributed by atoms with van der Waals surface area (Å²) < 4.78 is 26.9. The van der Waals surface area contributed by atoms with Crippen molar-refractivity contribution in [2.75, 3.05) is 6.54 Å². The summed E-state index contributed by atoms with van der Waals surface area (Å²) in [7, 11) is 0. The number of aliphatic carboxylic acids is 1. The topological polar surface area (TPSA) is 57.6 Å². The van der Waals surface area contributed by atoms with E-state index < -0.39 is 23.1 Å². The molecule has 0 saturated heterocycles. The highest BCUT2D eigenvalue weighted by Crippen LogP contribution is 2.30. The molecule has 1 atom stereocenters. The fourth-order valence-corrected chi connectivity index (χ4v) is 1.77. The standard InChI is InChI=1S/C12H13F2NO3/c1-3-15(7-16)12(2,11(17)18)8-5-4-6-9(13)10(8)14/h4-7H,3H2,1-2H3,(H,17,18). The minimum atomic E-state index is -1.94. The Morgan fingerprint density at radius 3 is 2.56 bits per heavy atom. The summed E-state index contributed by atoms with van der Waals surface area (Å²) in [6.07, 6.45) is 0.304. The van der Waals surface area contributed by atoms with E-state index in [0.29, 0.717) is 6.41 Å². The van der Waals surface area contributed by atoms with Crippen LogP contribution in [0.2, 0.25) is 0 Å². The third-order valence-corrected chi connectivity index (χ3v) is 2.93. The van der Waals surface area contributed by atoms with Crippen LogP contribution in [0.1, 0.15) is 19.4 Å². The van der Waals surface area contributed by atoms with Crippen molar-refractivity contribution >= 4 is 12.4 Å². The lowest BCUT2D eigenvalue weighted by atomic mass is 9.89. The maximum absolute atomic E-state index is 13.7. The lowest BCUT2D eigenvalue weighted by Crippen LogP contribution is -2.49. The summed E-state index contributed by atoms with van der Waals surface area (Å²) in [5, 5.41) is 9.24. The van der Waals surface area contributed by atoms with Crippen LogP contribution in [0.25, 0.3) is 0 Å². The first kappa shape index (κ1) is 14.1. The van der Waals surface area contributed by atoms with Crippen LogP contribution in [-0.2, 0) is 15.1 Å². The van der Waals surface area contributed by atoms with E-state index in [1.165, 1.54) is 6.07 Å². The van der Waals surface area contributed by atoms with E-state index in [4.69, 9.17) is 0 Å². The highest BCUT2D eigenvalue weighted by Gasteiger charge is 2.43. The Bertz CT molecular complexity index is 478. The molecule has 98 valence electrons. The molecule has 1 N–H and O–H groups in total. The van der Waals surface area contributed by atoms with Crippen molar-refractivity contribution in [2.24, 2.45) is 0 Å². The Labute approximate surface area is 103 Å². The van der Waals surface area contributed by atoms with Gasteiger partial charge in [0, 0.05) is 12.1 Å². The van der Waals surface area contributed by atoms with E-state index in [2.05, 4.69) is 0 Å². The van der Waals surface area contributed by atoms with Crippen LogP contribution in [-0.4, -0.2) is 28.9 Å². The number of likely N-dealkylation sites (N-methyl/N-ethyl adjacent to an activating group) is 1. The maximum Gasteiger partial charge on any atom is 0.334 e. The molecule has 0 heterocycles. The molecule has 1 aromatic rings. The molecule has 18 heavy (non-hydrogen) atoms. The van der Waals surface area contributed by atoms with Gasteiger partial charge in [-0.25, -0.2) is 13.6 Å². The lowest BCUT2D eigenvalue weighted by Gasteiger charge is -2.35. The van der Waals surface area contributed by atoms with Gasteiger partial charge in [-0.15, -0.1) is 0 Å². The SMILES string of the molecule is CCN(C=O)C(C)(C(=O)O)c1cccc(F)c1F. The first-order valence-electron chi connectivity index (χ1n) is 5.29. The van der Waals surface area contributed by atoms with Gasteiger partial charge in [0.2, 0.25) is 6.41 Å². The Hall–Kier alpha value is -1.98. The lowest BCUT2D eigenvalue weighted by molar-refractivity contribution is -0.154. The smallest absolute Gasteiger partial charge is 0.334 e. The number of carbonyl (C=O) groups excluding carboxylic acids is 1. The maximum atomic E-state index is 13.7. The number of amides is 1. The number of benzene rings is 1. The van der Waals surface area contributed by atoms with Gasteiger partial charge in [-0.2, -0.15) is 0 Å². The predicted octanol–water partition coefficient (Wildman–Crippen LogP) is 1.74. The molecular formula is C12H13F2NO3. The zero-order valence-electron chi connectivity index (χ0n) is 9.98. The number of hydrogen-bond donors (Lipinski definition) is 1. The number of nitrogens with zero attached hydrogens (tertiary/aromatic N) is 1. The molecule has 0 aromatic heterocycles. The number of rotatable bonds is 5. The van der Waals surface area contributed by atoms with Crippen LogP contribution >= 0.6 is 0 Å². The van der Waals surface area contributed by atoms with Gasteiger partial charge in [-0.3, -0.25) is 4.79 Å². The Balaban J connectivity index is 3.50. The second kappa shape index (κ2) is 5.12. The average Bonchev–Trinajstić information content (AvgIpc) is 2.33. The Morgan fingerprint density at radius 2 is 2.11 bits per heavy atom. The van der Waals surface area contributed by atoms with Gasteiger partial charge < -0.3 is 10.0 Å². The van der Waals surface area contributed by atoms with Crippen molar-refractivity contribution in [2.45, 2.75) is 19.4 Å². The monoisotopic (exact) mass is 257 g/mol. The zero-order chi connectivity index (χ0) is 13.9. The van der Waals surface area contributed by atoms with Crippen LogP contribution in [0.15, 0.2) is 18.2 Å². The fraction of sp³-hybridized carbons (Fsp3) is 0.333. The molecule has 0 aliphatic carbocycles. The molecule has 1 amide bonds. The number of carbonyl (C=O) groups is 2. The quantitative estimate of drug-likeness (QED) is 0.817. The third-order valence-electron chi connectivity index (χ3n) is 2.93. The Morgan fingerprint density at radius 1 is 1.50 bits per heavy atom. The highest BCUT2D eigenvalue weighted by molar-refractivity contribution is 5.83. The number of carboxylic acid groups (broad SMARTS) is 1. The molecular weight excluding hydrogens is 244 g/mol. The average molecular weight is 257 g/mol. The van der Waals surface area contributed by atoms with Gasteiger partial charge in [0.25, 0.3) is 0 Å². The van der Waals surface area contributed by atoms with Crippen molar-refractivity contribution in [3.05, 3.63) is 35.4 Å². The third kappa shape index (κ3) is 2.05. The van der Waals surface area contributed by atoms with Crippen LogP contribution in [0.3, 0.4) is 0 Å². The first-order valence-corrected chi connectivity index (χ1v) is 5.29. The molecule has 1 rings (SSSR count). The van der Waals surface area contributed by atoms with Crippen molar-refractivity contribution in [3.8, 4) is 0 Å². The summed E-state index contributed by atoms with van der Waals surface area (Å²) in [6.45, 7) is 2.76. The number of halogens is 2. The van der Waals surface area contributed by atoms with Crippen LogP contribution < -0.4 is 0 Å². The van der Waals surface area contributed by atoms with Gasteiger partial charge >= 0.3 is 5.97 Å². The normalized spacial score (nSPS) is 13.8. The summed E-state index contributed by atoms with van der Waals surface area (Å²) in [5.74, 6) is -3.84. The van der Waals surface area contributed by atoms with Gasteiger partial charge in [-0.05, 0) is 19.9 Å². The molecule has 1 aromatic carbocycles. The summed E-state index contributed by atoms with van der Waals surface area (Å²) in [6, 6.07) is 3.24. The van der Waals surface area contributed by atoms with E-state index in [1.807, 2.05) is 0 Å². The molecule has 0 radical (unpaired) electrons. The van der Waals surface area contributed by atoms with E-state index >= 15 is 0 Å². The van der Waals surface area contributed by atoms with E-state index in [1.54, 1.807) is 6.92 Å². The molecule has 0 saturated carbocycles. The van der Waals surface area contributed by atoms with Gasteiger partial charge in [0.15, 0.2) is 17.2 Å². The van der Waals surface area contributed by atoms with Crippen molar-refractivity contribution in [3.63, 3.8) is 0 Å². The van der Waals surface area contributed by atoms with E-state index in [-0.39, 0.29) is 12.1 Å². The second-order valence-corrected chi connectivity index (χ2v) is 3.87. The van der Waals surface area contributed by atoms with Crippen molar-refractivity contribution in [1.82, 2.24) is 4.90 Å². The molecule has 4 nitrogen and oxygen atoms in total. The minimum Gasteiger partial charge on any atom is -0.479 e. The predicted molar refractivity (Wildman–Crippen MR) is 59.8 cm³/mol. The number of carboxylic acids is 1. The zero-order valence-corrected chi connectivity index (χ0v) is 9.98.